The molecular weight excluding hydrogens is 563 g/mol. The molecule has 7 nitrogen and oxygen atoms in total. The molecule has 10 heteroatoms. The number of carbonyl (C=O) groups is 2. The van der Waals surface area contributed by atoms with Crippen LogP contribution in [0, 0.1) is 0 Å². The molecule has 0 radical (unpaired) electrons. The number of halogens is 3. The summed E-state index contributed by atoms with van der Waals surface area (Å²) in [5, 5.41) is 12.3. The average Bonchev–Trinajstić information content (AvgIpc) is 3.32. The standard InChI is InChI=1S/C33H28F3NO6/c1-41-30-14-13-20(15-21(30)18-42-23-8-6-7-22(17-23)33(34,35)36)16-29(31(38)39)37-32(40)43-19-28-26-11-4-2-9-24(26)25-10-3-5-12-27(25)28/h2-15,17,28-29H,16,18-19H2,1H3,(H,37,40)(H,38,39). The van der Waals surface area contributed by atoms with Crippen LogP contribution in [-0.2, 0) is 28.7 Å². The molecule has 0 saturated heterocycles. The van der Waals surface area contributed by atoms with Crippen molar-refractivity contribution in [2.24, 2.45) is 0 Å². The smallest absolute Gasteiger partial charge is 0.416 e. The number of carbonyl (C=O) groups excluding carboxylic acids is 1. The van der Waals surface area contributed by atoms with Crippen molar-refractivity contribution in [3.63, 3.8) is 0 Å². The van der Waals surface area contributed by atoms with E-state index in [1.165, 1.54) is 19.2 Å². The fourth-order valence-corrected chi connectivity index (χ4v) is 5.21. The van der Waals surface area contributed by atoms with Crippen molar-refractivity contribution in [2.75, 3.05) is 13.7 Å². The lowest BCUT2D eigenvalue weighted by molar-refractivity contribution is -0.139. The number of rotatable bonds is 10. The van der Waals surface area contributed by atoms with E-state index in [1.807, 2.05) is 48.5 Å². The number of benzene rings is 4. The molecule has 1 aliphatic rings. The Labute approximate surface area is 245 Å². The number of nitrogens with one attached hydrogen (secondary N) is 1. The zero-order valence-electron chi connectivity index (χ0n) is 23.1. The Morgan fingerprint density at radius 1 is 0.907 bits per heavy atom. The van der Waals surface area contributed by atoms with Gasteiger partial charge in [-0.3, -0.25) is 0 Å². The van der Waals surface area contributed by atoms with Gasteiger partial charge in [-0.15, -0.1) is 0 Å². The van der Waals surface area contributed by atoms with Crippen molar-refractivity contribution >= 4 is 12.1 Å². The average molecular weight is 592 g/mol. The van der Waals surface area contributed by atoms with E-state index in [1.54, 1.807) is 18.2 Å². The number of hydrogen-bond acceptors (Lipinski definition) is 5. The first kappa shape index (κ1) is 29.5. The van der Waals surface area contributed by atoms with Crippen LogP contribution in [0.4, 0.5) is 18.0 Å². The van der Waals surface area contributed by atoms with Gasteiger partial charge in [0, 0.05) is 17.9 Å². The summed E-state index contributed by atoms with van der Waals surface area (Å²) in [7, 11) is 1.43. The molecule has 2 N–H and O–H groups in total. The van der Waals surface area contributed by atoms with Gasteiger partial charge >= 0.3 is 18.2 Å². The zero-order chi connectivity index (χ0) is 30.6. The van der Waals surface area contributed by atoms with Crippen LogP contribution < -0.4 is 14.8 Å². The van der Waals surface area contributed by atoms with E-state index >= 15 is 0 Å². The van der Waals surface area contributed by atoms with Crippen molar-refractivity contribution in [3.05, 3.63) is 119 Å². The van der Waals surface area contributed by atoms with E-state index in [9.17, 15) is 27.9 Å². The molecule has 222 valence electrons. The Balaban J connectivity index is 1.24. The van der Waals surface area contributed by atoms with Crippen molar-refractivity contribution in [1.82, 2.24) is 5.32 Å². The molecule has 0 fully saturated rings. The first-order valence-electron chi connectivity index (χ1n) is 13.4. The number of carboxylic acids is 1. The molecule has 5 rings (SSSR count). The summed E-state index contributed by atoms with van der Waals surface area (Å²) in [5.74, 6) is -1.01. The van der Waals surface area contributed by atoms with Crippen LogP contribution in [0.15, 0.2) is 91.0 Å². The minimum Gasteiger partial charge on any atom is -0.496 e. The van der Waals surface area contributed by atoms with Crippen LogP contribution in [0.25, 0.3) is 11.1 Å². The van der Waals surface area contributed by atoms with Crippen LogP contribution in [0.3, 0.4) is 0 Å². The number of fused-ring (bicyclic) bond motifs is 3. The van der Waals surface area contributed by atoms with Gasteiger partial charge in [0.05, 0.1) is 12.7 Å². The number of methoxy groups -OCH3 is 1. The molecule has 1 atom stereocenters. The number of amides is 1. The van der Waals surface area contributed by atoms with Gasteiger partial charge in [-0.2, -0.15) is 13.2 Å². The number of alkyl carbamates (subject to hydrolysis) is 1. The lowest BCUT2D eigenvalue weighted by Crippen LogP contribution is -2.42. The van der Waals surface area contributed by atoms with E-state index in [2.05, 4.69) is 5.32 Å². The summed E-state index contributed by atoms with van der Waals surface area (Å²) in [6, 6.07) is 23.8. The fourth-order valence-electron chi connectivity index (χ4n) is 5.21. The predicted octanol–water partition coefficient (Wildman–Crippen LogP) is 6.83. The highest BCUT2D eigenvalue weighted by molar-refractivity contribution is 5.81. The Kier molecular flexibility index (Phi) is 8.56. The van der Waals surface area contributed by atoms with E-state index in [0.29, 0.717) is 16.9 Å². The maximum Gasteiger partial charge on any atom is 0.416 e. The number of ether oxygens (including phenoxy) is 3. The van der Waals surface area contributed by atoms with Gasteiger partial charge < -0.3 is 24.6 Å². The van der Waals surface area contributed by atoms with Crippen molar-refractivity contribution in [3.8, 4) is 22.6 Å². The molecule has 0 bridgehead atoms. The second-order valence-electron chi connectivity index (χ2n) is 10.0. The largest absolute Gasteiger partial charge is 0.496 e. The van der Waals surface area contributed by atoms with Gasteiger partial charge in [-0.1, -0.05) is 60.7 Å². The maximum atomic E-state index is 13.1. The predicted molar refractivity (Wildman–Crippen MR) is 152 cm³/mol. The summed E-state index contributed by atoms with van der Waals surface area (Å²) in [6.07, 6.45) is -5.46. The van der Waals surface area contributed by atoms with Crippen molar-refractivity contribution in [2.45, 2.75) is 31.2 Å². The van der Waals surface area contributed by atoms with Gasteiger partial charge in [0.15, 0.2) is 0 Å². The Hall–Kier alpha value is -4.99. The first-order valence-corrected chi connectivity index (χ1v) is 13.4. The highest BCUT2D eigenvalue weighted by atomic mass is 19.4. The Morgan fingerprint density at radius 3 is 2.21 bits per heavy atom. The number of hydrogen-bond donors (Lipinski definition) is 2. The molecular formula is C33H28F3NO6. The molecule has 4 aromatic carbocycles. The van der Waals surface area contributed by atoms with E-state index < -0.39 is 29.8 Å². The highest BCUT2D eigenvalue weighted by Crippen LogP contribution is 2.44. The van der Waals surface area contributed by atoms with E-state index in [4.69, 9.17) is 14.2 Å². The van der Waals surface area contributed by atoms with Gasteiger partial charge in [-0.05, 0) is 58.1 Å². The molecule has 43 heavy (non-hydrogen) atoms. The number of carboxylic acid groups (broad SMARTS) is 1. The Morgan fingerprint density at radius 2 is 1.58 bits per heavy atom. The van der Waals surface area contributed by atoms with Crippen LogP contribution in [0.1, 0.15) is 33.7 Å². The van der Waals surface area contributed by atoms with Crippen LogP contribution >= 0.6 is 0 Å². The van der Waals surface area contributed by atoms with Crippen molar-refractivity contribution < 1.29 is 42.1 Å². The summed E-state index contributed by atoms with van der Waals surface area (Å²) in [6.45, 7) is -0.0956. The third kappa shape index (κ3) is 6.74. The topological polar surface area (TPSA) is 94.1 Å². The van der Waals surface area contributed by atoms with Gasteiger partial charge in [0.2, 0.25) is 0 Å². The third-order valence-corrected chi connectivity index (χ3v) is 7.27. The lowest BCUT2D eigenvalue weighted by Gasteiger charge is -2.18. The monoisotopic (exact) mass is 591 g/mol. The lowest BCUT2D eigenvalue weighted by atomic mass is 9.98. The maximum absolute atomic E-state index is 13.1. The summed E-state index contributed by atoms with van der Waals surface area (Å²) in [5.41, 5.74) is 4.39. The molecule has 0 spiro atoms. The molecule has 0 saturated carbocycles. The van der Waals surface area contributed by atoms with Crippen LogP contribution in [0.5, 0.6) is 11.5 Å². The SMILES string of the molecule is COc1ccc(CC(NC(=O)OCC2c3ccccc3-c3ccccc32)C(=O)O)cc1COc1cccc(C(F)(F)F)c1. The summed E-state index contributed by atoms with van der Waals surface area (Å²) >= 11 is 0. The third-order valence-electron chi connectivity index (χ3n) is 7.27. The molecule has 1 unspecified atom stereocenters. The minimum atomic E-state index is -4.51. The first-order chi connectivity index (χ1) is 20.6. The van der Waals surface area contributed by atoms with Gasteiger partial charge in [-0.25, -0.2) is 9.59 Å². The molecule has 1 aliphatic carbocycles. The highest BCUT2D eigenvalue weighted by Gasteiger charge is 2.31. The quantitative estimate of drug-likeness (QED) is 0.210. The number of aliphatic carboxylic acids is 1. The van der Waals surface area contributed by atoms with Crippen molar-refractivity contribution in [1.29, 1.82) is 0 Å². The van der Waals surface area contributed by atoms with Crippen LogP contribution in [0.2, 0.25) is 0 Å². The molecule has 0 aromatic heterocycles. The fraction of sp³-hybridized carbons (Fsp3) is 0.212. The molecule has 4 aromatic rings. The summed E-state index contributed by atoms with van der Waals surface area (Å²) in [4.78, 5) is 24.8. The van der Waals surface area contributed by atoms with E-state index in [0.717, 1.165) is 34.4 Å². The Bertz CT molecular complexity index is 1590. The minimum absolute atomic E-state index is 0.0163. The molecule has 0 aliphatic heterocycles. The summed E-state index contributed by atoms with van der Waals surface area (Å²) < 4.78 is 55.6. The van der Waals surface area contributed by atoms with E-state index in [-0.39, 0.29) is 31.3 Å². The van der Waals surface area contributed by atoms with Gasteiger partial charge in [0.25, 0.3) is 0 Å². The normalized spacial score (nSPS) is 13.0. The van der Waals surface area contributed by atoms with Gasteiger partial charge in [0.1, 0.15) is 30.8 Å². The molecule has 0 heterocycles. The second kappa shape index (κ2) is 12.5. The van der Waals surface area contributed by atoms with Crippen LogP contribution in [-0.4, -0.2) is 36.9 Å². The second-order valence-corrected chi connectivity index (χ2v) is 10.0. The number of alkyl halides is 3. The zero-order valence-corrected chi connectivity index (χ0v) is 23.1. The molecule has 1 amide bonds.